The van der Waals surface area contributed by atoms with Crippen LogP contribution in [0.15, 0.2) is 22.7 Å². The summed E-state index contributed by atoms with van der Waals surface area (Å²) in [5.41, 5.74) is 0.322. The van der Waals surface area contributed by atoms with E-state index >= 15 is 0 Å². The van der Waals surface area contributed by atoms with Crippen molar-refractivity contribution in [3.05, 3.63) is 28.2 Å². The predicted octanol–water partition coefficient (Wildman–Crippen LogP) is 2.61. The van der Waals surface area contributed by atoms with Crippen LogP contribution in [0.4, 0.5) is 5.69 Å². The summed E-state index contributed by atoms with van der Waals surface area (Å²) in [4.78, 5) is 11.5. The van der Waals surface area contributed by atoms with Crippen molar-refractivity contribution in [1.82, 2.24) is 0 Å². The van der Waals surface area contributed by atoms with E-state index in [1.807, 2.05) is 0 Å². The number of nitrogens with zero attached hydrogens (tertiary/aromatic N) is 1. The second-order valence-corrected chi connectivity index (χ2v) is 5.77. The van der Waals surface area contributed by atoms with Gasteiger partial charge in [0.05, 0.1) is 16.7 Å². The molecule has 0 bridgehead atoms. The molecule has 1 aliphatic rings. The molecule has 2 rings (SSSR count). The second kappa shape index (κ2) is 6.25. The molecule has 1 heterocycles. The maximum absolute atomic E-state index is 11.5. The zero-order valence-corrected chi connectivity index (χ0v) is 12.4. The van der Waals surface area contributed by atoms with Crippen molar-refractivity contribution >= 4 is 27.6 Å². The average molecular weight is 339 g/mol. The Balaban J connectivity index is 2.16. The van der Waals surface area contributed by atoms with Crippen LogP contribution in [0.1, 0.15) is 18.4 Å². The van der Waals surface area contributed by atoms with Gasteiger partial charge in [-0.3, -0.25) is 4.79 Å². The molecule has 1 saturated heterocycles. The number of aliphatic carboxylic acids is 1. The lowest BCUT2D eigenvalue weighted by atomic mass is 9.80. The molecule has 1 aromatic carbocycles. The van der Waals surface area contributed by atoms with E-state index in [0.29, 0.717) is 37.3 Å². The number of rotatable bonds is 4. The van der Waals surface area contributed by atoms with Crippen molar-refractivity contribution in [2.75, 3.05) is 25.1 Å². The number of carboxylic acids is 1. The molecule has 0 radical (unpaired) electrons. The van der Waals surface area contributed by atoms with Crippen molar-refractivity contribution in [2.24, 2.45) is 5.41 Å². The molecule has 1 aliphatic heterocycles. The number of hydrogen-bond donors (Lipinski definition) is 2. The van der Waals surface area contributed by atoms with Crippen molar-refractivity contribution in [3.8, 4) is 6.07 Å². The molecule has 106 valence electrons. The summed E-state index contributed by atoms with van der Waals surface area (Å²) in [6.07, 6.45) is 0.955. The lowest BCUT2D eigenvalue weighted by Gasteiger charge is -2.33. The first kappa shape index (κ1) is 14.8. The summed E-state index contributed by atoms with van der Waals surface area (Å²) < 4.78 is 6.08. The Morgan fingerprint density at radius 3 is 2.80 bits per heavy atom. The van der Waals surface area contributed by atoms with Gasteiger partial charge in [0, 0.05) is 24.2 Å². The van der Waals surface area contributed by atoms with Gasteiger partial charge in [-0.25, -0.2) is 0 Å². The normalized spacial score (nSPS) is 17.2. The molecule has 1 fully saturated rings. The van der Waals surface area contributed by atoms with Crippen LogP contribution in [0.2, 0.25) is 0 Å². The van der Waals surface area contributed by atoms with E-state index in [9.17, 15) is 9.90 Å². The topological polar surface area (TPSA) is 82.4 Å². The van der Waals surface area contributed by atoms with E-state index in [2.05, 4.69) is 27.3 Å². The summed E-state index contributed by atoms with van der Waals surface area (Å²) >= 11 is 3.35. The van der Waals surface area contributed by atoms with Gasteiger partial charge < -0.3 is 15.2 Å². The smallest absolute Gasteiger partial charge is 0.311 e. The molecular weight excluding hydrogens is 324 g/mol. The van der Waals surface area contributed by atoms with E-state index in [1.165, 1.54) is 0 Å². The Bertz CT molecular complexity index is 548. The van der Waals surface area contributed by atoms with Gasteiger partial charge in [0.25, 0.3) is 0 Å². The fraction of sp³-hybridized carbons (Fsp3) is 0.429. The lowest BCUT2D eigenvalue weighted by molar-refractivity contribution is -0.153. The van der Waals surface area contributed by atoms with Gasteiger partial charge in [-0.15, -0.1) is 0 Å². The van der Waals surface area contributed by atoms with Crippen LogP contribution in [-0.4, -0.2) is 30.8 Å². The lowest BCUT2D eigenvalue weighted by Crippen LogP contribution is -2.42. The first-order valence-electron chi connectivity index (χ1n) is 6.32. The van der Waals surface area contributed by atoms with Crippen LogP contribution < -0.4 is 5.32 Å². The molecule has 2 N–H and O–H groups in total. The van der Waals surface area contributed by atoms with Crippen molar-refractivity contribution in [1.29, 1.82) is 5.26 Å². The van der Waals surface area contributed by atoms with E-state index in [-0.39, 0.29) is 6.54 Å². The highest BCUT2D eigenvalue weighted by Gasteiger charge is 2.40. The second-order valence-electron chi connectivity index (χ2n) is 4.85. The van der Waals surface area contributed by atoms with E-state index in [1.54, 1.807) is 18.2 Å². The molecule has 6 heteroatoms. The van der Waals surface area contributed by atoms with E-state index in [0.717, 1.165) is 4.47 Å². The number of carbonyl (C=O) groups is 1. The Morgan fingerprint density at radius 1 is 1.50 bits per heavy atom. The number of nitriles is 1. The van der Waals surface area contributed by atoms with E-state index in [4.69, 9.17) is 10.00 Å². The minimum absolute atomic E-state index is 0.289. The Morgan fingerprint density at radius 2 is 2.20 bits per heavy atom. The van der Waals surface area contributed by atoms with Gasteiger partial charge in [-0.1, -0.05) is 15.9 Å². The quantitative estimate of drug-likeness (QED) is 0.881. The third-order valence-corrected chi connectivity index (χ3v) is 4.12. The van der Waals surface area contributed by atoms with Crippen LogP contribution in [0, 0.1) is 16.7 Å². The third-order valence-electron chi connectivity index (χ3n) is 3.62. The number of hydrogen-bond acceptors (Lipinski definition) is 4. The predicted molar refractivity (Wildman–Crippen MR) is 77.5 cm³/mol. The van der Waals surface area contributed by atoms with Gasteiger partial charge in [-0.2, -0.15) is 5.26 Å². The highest BCUT2D eigenvalue weighted by atomic mass is 79.9. The molecule has 20 heavy (non-hydrogen) atoms. The first-order valence-corrected chi connectivity index (χ1v) is 7.11. The highest BCUT2D eigenvalue weighted by Crippen LogP contribution is 2.32. The zero-order chi connectivity index (χ0) is 14.6. The molecule has 0 spiro atoms. The monoisotopic (exact) mass is 338 g/mol. The molecule has 0 atom stereocenters. The maximum atomic E-state index is 11.5. The number of benzene rings is 1. The number of ether oxygens (including phenoxy) is 1. The summed E-state index contributed by atoms with van der Waals surface area (Å²) in [6, 6.07) is 7.36. The summed E-state index contributed by atoms with van der Waals surface area (Å²) in [5.74, 6) is -0.818. The van der Waals surface area contributed by atoms with Crippen LogP contribution in [0.25, 0.3) is 0 Å². The maximum Gasteiger partial charge on any atom is 0.311 e. The van der Waals surface area contributed by atoms with Crippen LogP contribution in [-0.2, 0) is 9.53 Å². The summed E-state index contributed by atoms with van der Waals surface area (Å²) in [5, 5.41) is 21.7. The standard InChI is InChI=1S/C14H15BrN2O3/c15-11-2-1-10(8-16)12(7-11)17-9-14(13(18)19)3-5-20-6-4-14/h1-2,7,17H,3-6,9H2,(H,18,19). The number of carboxylic acid groups (broad SMARTS) is 1. The Kier molecular flexibility index (Phi) is 4.63. The molecule has 0 aromatic heterocycles. The molecular formula is C14H15BrN2O3. The summed E-state index contributed by atoms with van der Waals surface area (Å²) in [7, 11) is 0. The van der Waals surface area contributed by atoms with Gasteiger partial charge in [0.15, 0.2) is 0 Å². The average Bonchev–Trinajstić information content (AvgIpc) is 2.46. The summed E-state index contributed by atoms with van der Waals surface area (Å²) in [6.45, 7) is 1.20. The van der Waals surface area contributed by atoms with Crippen LogP contribution in [0.3, 0.4) is 0 Å². The van der Waals surface area contributed by atoms with Crippen molar-refractivity contribution < 1.29 is 14.6 Å². The zero-order valence-electron chi connectivity index (χ0n) is 10.9. The first-order chi connectivity index (χ1) is 9.57. The molecule has 0 unspecified atom stereocenters. The van der Waals surface area contributed by atoms with Gasteiger partial charge in [0.1, 0.15) is 6.07 Å². The number of halogens is 1. The molecule has 0 saturated carbocycles. The van der Waals surface area contributed by atoms with Crippen LogP contribution >= 0.6 is 15.9 Å². The van der Waals surface area contributed by atoms with Gasteiger partial charge in [-0.05, 0) is 31.0 Å². The van der Waals surface area contributed by atoms with Gasteiger partial charge >= 0.3 is 5.97 Å². The third kappa shape index (κ3) is 3.11. The number of nitrogens with one attached hydrogen (secondary N) is 1. The van der Waals surface area contributed by atoms with E-state index < -0.39 is 11.4 Å². The molecule has 0 aliphatic carbocycles. The van der Waals surface area contributed by atoms with Gasteiger partial charge in [0.2, 0.25) is 0 Å². The minimum atomic E-state index is -0.826. The Labute approximate surface area is 125 Å². The fourth-order valence-corrected chi connectivity index (χ4v) is 2.61. The molecule has 0 amide bonds. The number of anilines is 1. The largest absolute Gasteiger partial charge is 0.481 e. The van der Waals surface area contributed by atoms with Crippen LogP contribution in [0.5, 0.6) is 0 Å². The molecule has 5 nitrogen and oxygen atoms in total. The van der Waals surface area contributed by atoms with Crippen molar-refractivity contribution in [2.45, 2.75) is 12.8 Å². The molecule has 1 aromatic rings. The highest BCUT2D eigenvalue weighted by molar-refractivity contribution is 9.10. The van der Waals surface area contributed by atoms with Crippen molar-refractivity contribution in [3.63, 3.8) is 0 Å². The SMILES string of the molecule is N#Cc1ccc(Br)cc1NCC1(C(=O)O)CCOCC1. The minimum Gasteiger partial charge on any atom is -0.481 e. The fourth-order valence-electron chi connectivity index (χ4n) is 2.25. The Hall–Kier alpha value is -1.58.